The number of methoxy groups -OCH3 is 1. The first kappa shape index (κ1) is 20.7. The van der Waals surface area contributed by atoms with E-state index in [-0.39, 0.29) is 11.5 Å². The highest BCUT2D eigenvalue weighted by atomic mass is 35.5. The van der Waals surface area contributed by atoms with E-state index in [1.165, 1.54) is 14.0 Å². The fourth-order valence-electron chi connectivity index (χ4n) is 3.02. The van der Waals surface area contributed by atoms with Gasteiger partial charge in [-0.05, 0) is 49.7 Å². The van der Waals surface area contributed by atoms with Crippen LogP contribution in [0.25, 0.3) is 0 Å². The lowest BCUT2D eigenvalue weighted by Crippen LogP contribution is -2.30. The van der Waals surface area contributed by atoms with E-state index in [0.29, 0.717) is 35.1 Å². The molecule has 1 aliphatic rings. The Bertz CT molecular complexity index is 946. The Balaban J connectivity index is 1.67. The lowest BCUT2D eigenvalue weighted by Gasteiger charge is -2.18. The van der Waals surface area contributed by atoms with Gasteiger partial charge >= 0.3 is 5.97 Å². The molecule has 0 bridgehead atoms. The number of amides is 2. The number of carbonyl (C=O) groups excluding carboxylic acids is 3. The molecular weight excluding hydrogens is 396 g/mol. The number of anilines is 2. The zero-order valence-corrected chi connectivity index (χ0v) is 16.9. The number of benzene rings is 2. The summed E-state index contributed by atoms with van der Waals surface area (Å²) in [4.78, 5) is 38.5. The molecule has 1 N–H and O–H groups in total. The van der Waals surface area contributed by atoms with Gasteiger partial charge in [0.1, 0.15) is 5.75 Å². The topological polar surface area (TPSA) is 84.9 Å². The highest BCUT2D eigenvalue weighted by Crippen LogP contribution is 2.28. The minimum Gasteiger partial charge on any atom is -0.495 e. The molecule has 2 aromatic carbocycles. The highest BCUT2D eigenvalue weighted by Gasteiger charge is 2.24. The molecule has 0 saturated carbocycles. The van der Waals surface area contributed by atoms with Gasteiger partial charge in [-0.25, -0.2) is 4.79 Å². The van der Waals surface area contributed by atoms with Crippen LogP contribution in [0.2, 0.25) is 5.02 Å². The normalized spacial score (nSPS) is 14.4. The fraction of sp³-hybridized carbons (Fsp3) is 0.286. The fourth-order valence-corrected chi connectivity index (χ4v) is 3.19. The zero-order valence-electron chi connectivity index (χ0n) is 16.1. The summed E-state index contributed by atoms with van der Waals surface area (Å²) in [6.07, 6.45) is 0.236. The van der Waals surface area contributed by atoms with Crippen LogP contribution in [0.4, 0.5) is 11.4 Å². The van der Waals surface area contributed by atoms with Crippen molar-refractivity contribution in [1.29, 1.82) is 0 Å². The van der Waals surface area contributed by atoms with Crippen LogP contribution < -0.4 is 15.0 Å². The van der Waals surface area contributed by atoms with Crippen molar-refractivity contribution in [2.45, 2.75) is 25.9 Å². The molecule has 0 aromatic heterocycles. The Hall–Kier alpha value is -3.06. The third kappa shape index (κ3) is 4.86. The third-order valence-corrected chi connectivity index (χ3v) is 4.77. The van der Waals surface area contributed by atoms with E-state index in [1.54, 1.807) is 47.4 Å². The van der Waals surface area contributed by atoms with E-state index >= 15 is 0 Å². The van der Waals surface area contributed by atoms with Crippen molar-refractivity contribution in [3.63, 3.8) is 0 Å². The van der Waals surface area contributed by atoms with Gasteiger partial charge in [0.2, 0.25) is 5.91 Å². The summed E-state index contributed by atoms with van der Waals surface area (Å²) in [5.74, 6) is -0.716. The van der Waals surface area contributed by atoms with Gasteiger partial charge in [0.05, 0.1) is 18.4 Å². The molecule has 0 spiro atoms. The largest absolute Gasteiger partial charge is 0.495 e. The lowest BCUT2D eigenvalue weighted by atomic mass is 10.2. The predicted molar refractivity (Wildman–Crippen MR) is 110 cm³/mol. The summed E-state index contributed by atoms with van der Waals surface area (Å²) >= 11 is 5.96. The molecule has 1 saturated heterocycles. The number of halogens is 1. The van der Waals surface area contributed by atoms with Gasteiger partial charge < -0.3 is 19.7 Å². The molecule has 1 atom stereocenters. The van der Waals surface area contributed by atoms with Crippen LogP contribution in [0.1, 0.15) is 30.1 Å². The van der Waals surface area contributed by atoms with Gasteiger partial charge in [0.15, 0.2) is 6.10 Å². The number of rotatable bonds is 6. The maximum atomic E-state index is 12.5. The van der Waals surface area contributed by atoms with Crippen LogP contribution in [0.15, 0.2) is 42.5 Å². The van der Waals surface area contributed by atoms with Gasteiger partial charge in [-0.1, -0.05) is 17.7 Å². The quantitative estimate of drug-likeness (QED) is 0.726. The van der Waals surface area contributed by atoms with E-state index < -0.39 is 18.0 Å². The Morgan fingerprint density at radius 3 is 2.69 bits per heavy atom. The second kappa shape index (κ2) is 8.96. The zero-order chi connectivity index (χ0) is 21.0. The second-order valence-electron chi connectivity index (χ2n) is 6.58. The maximum absolute atomic E-state index is 12.5. The van der Waals surface area contributed by atoms with Crippen LogP contribution in [0.3, 0.4) is 0 Å². The minimum atomic E-state index is -1.05. The average molecular weight is 417 g/mol. The van der Waals surface area contributed by atoms with E-state index in [0.717, 1.165) is 6.42 Å². The molecule has 152 valence electrons. The molecule has 7 nitrogen and oxygen atoms in total. The Morgan fingerprint density at radius 1 is 1.21 bits per heavy atom. The molecule has 0 aliphatic carbocycles. The molecule has 1 unspecified atom stereocenters. The predicted octanol–water partition coefficient (Wildman–Crippen LogP) is 3.66. The standard InChI is InChI=1S/C21H21ClN2O5/c1-13(20(26)23-17-12-15(22)8-9-18(17)28-2)29-21(27)14-5-3-6-16(11-14)24-10-4-7-19(24)25/h3,5-6,8-9,11-13H,4,7,10H2,1-2H3,(H,23,26). The first-order chi connectivity index (χ1) is 13.9. The van der Waals surface area contributed by atoms with E-state index in [4.69, 9.17) is 21.1 Å². The van der Waals surface area contributed by atoms with E-state index in [2.05, 4.69) is 5.32 Å². The monoisotopic (exact) mass is 416 g/mol. The van der Waals surface area contributed by atoms with Gasteiger partial charge in [-0.15, -0.1) is 0 Å². The van der Waals surface area contributed by atoms with Crippen molar-refractivity contribution in [1.82, 2.24) is 0 Å². The van der Waals surface area contributed by atoms with Crippen molar-refractivity contribution in [2.24, 2.45) is 0 Å². The first-order valence-electron chi connectivity index (χ1n) is 9.15. The lowest BCUT2D eigenvalue weighted by molar-refractivity contribution is -0.123. The molecule has 29 heavy (non-hydrogen) atoms. The Kier molecular flexibility index (Phi) is 6.39. The smallest absolute Gasteiger partial charge is 0.338 e. The van der Waals surface area contributed by atoms with E-state index in [1.807, 2.05) is 0 Å². The van der Waals surface area contributed by atoms with Crippen LogP contribution in [0.5, 0.6) is 5.75 Å². The first-order valence-corrected chi connectivity index (χ1v) is 9.52. The van der Waals surface area contributed by atoms with Crippen molar-refractivity contribution < 1.29 is 23.9 Å². The molecule has 1 aliphatic heterocycles. The second-order valence-corrected chi connectivity index (χ2v) is 7.02. The molecule has 0 radical (unpaired) electrons. The number of esters is 1. The molecule has 1 heterocycles. The molecule has 3 rings (SSSR count). The summed E-state index contributed by atoms with van der Waals surface area (Å²) in [6, 6.07) is 11.4. The average Bonchev–Trinajstić information content (AvgIpc) is 3.14. The number of nitrogens with one attached hydrogen (secondary N) is 1. The molecule has 2 aromatic rings. The van der Waals surface area contributed by atoms with Gasteiger partial charge in [0.25, 0.3) is 5.91 Å². The summed E-state index contributed by atoms with van der Waals surface area (Å²) < 4.78 is 10.5. The summed E-state index contributed by atoms with van der Waals surface area (Å²) in [5, 5.41) is 3.07. The van der Waals surface area contributed by atoms with Gasteiger partial charge in [0, 0.05) is 23.7 Å². The summed E-state index contributed by atoms with van der Waals surface area (Å²) in [5.41, 5.74) is 1.28. The Labute approximate surface area is 173 Å². The van der Waals surface area contributed by atoms with Crippen molar-refractivity contribution in [3.05, 3.63) is 53.1 Å². The molecule has 8 heteroatoms. The number of carbonyl (C=O) groups is 3. The Morgan fingerprint density at radius 2 is 2.00 bits per heavy atom. The van der Waals surface area contributed by atoms with Gasteiger partial charge in [-0.2, -0.15) is 0 Å². The number of hydrogen-bond acceptors (Lipinski definition) is 5. The van der Waals surface area contributed by atoms with E-state index in [9.17, 15) is 14.4 Å². The van der Waals surface area contributed by atoms with Gasteiger partial charge in [-0.3, -0.25) is 9.59 Å². The van der Waals surface area contributed by atoms with Crippen LogP contribution in [-0.4, -0.2) is 37.5 Å². The number of nitrogens with zero attached hydrogens (tertiary/aromatic N) is 1. The minimum absolute atomic E-state index is 0.0266. The van der Waals surface area contributed by atoms with Crippen LogP contribution in [0, 0.1) is 0 Å². The number of hydrogen-bond donors (Lipinski definition) is 1. The number of ether oxygens (including phenoxy) is 2. The maximum Gasteiger partial charge on any atom is 0.338 e. The molecule has 1 fully saturated rings. The van der Waals surface area contributed by atoms with Crippen molar-refractivity contribution in [3.8, 4) is 5.75 Å². The SMILES string of the molecule is COc1ccc(Cl)cc1NC(=O)C(C)OC(=O)c1cccc(N2CCCC2=O)c1. The van der Waals surface area contributed by atoms with Crippen LogP contribution in [-0.2, 0) is 14.3 Å². The van der Waals surface area contributed by atoms with Crippen molar-refractivity contribution in [2.75, 3.05) is 23.9 Å². The van der Waals surface area contributed by atoms with Crippen LogP contribution >= 0.6 is 11.6 Å². The molecule has 2 amide bonds. The van der Waals surface area contributed by atoms with Crippen molar-refractivity contribution >= 4 is 40.8 Å². The summed E-state index contributed by atoms with van der Waals surface area (Å²) in [6.45, 7) is 2.09. The summed E-state index contributed by atoms with van der Waals surface area (Å²) in [7, 11) is 1.47. The highest BCUT2D eigenvalue weighted by molar-refractivity contribution is 6.31. The third-order valence-electron chi connectivity index (χ3n) is 4.54. The molecular formula is C21H21ClN2O5.